The van der Waals surface area contributed by atoms with Gasteiger partial charge in [-0.15, -0.1) is 0 Å². The standard InChI is InChI=1S/C12H11NO4/c1-15-9-3-4-11-10(5-9)12(14)8(7-17-11)6-13-16-2/h3-7H,1-2H3/b13-6+. The first-order valence-corrected chi connectivity index (χ1v) is 4.92. The third kappa shape index (κ3) is 2.13. The second-order valence-electron chi connectivity index (χ2n) is 3.30. The van der Waals surface area contributed by atoms with E-state index >= 15 is 0 Å². The quantitative estimate of drug-likeness (QED) is 0.599. The summed E-state index contributed by atoms with van der Waals surface area (Å²) in [5, 5.41) is 3.98. The largest absolute Gasteiger partial charge is 0.497 e. The molecular formula is C12H11NO4. The Bertz CT molecular complexity index is 615. The number of methoxy groups -OCH3 is 1. The highest BCUT2D eigenvalue weighted by Crippen LogP contribution is 2.18. The Morgan fingerprint density at radius 1 is 1.35 bits per heavy atom. The van der Waals surface area contributed by atoms with Crippen LogP contribution in [0.25, 0.3) is 11.0 Å². The second-order valence-corrected chi connectivity index (χ2v) is 3.30. The first-order valence-electron chi connectivity index (χ1n) is 4.92. The Morgan fingerprint density at radius 2 is 2.18 bits per heavy atom. The van der Waals surface area contributed by atoms with Crippen LogP contribution >= 0.6 is 0 Å². The second kappa shape index (κ2) is 4.69. The molecule has 2 aromatic rings. The van der Waals surface area contributed by atoms with Crippen LogP contribution in [0.1, 0.15) is 5.56 Å². The summed E-state index contributed by atoms with van der Waals surface area (Å²) in [4.78, 5) is 16.6. The summed E-state index contributed by atoms with van der Waals surface area (Å²) in [7, 11) is 2.95. The van der Waals surface area contributed by atoms with Crippen LogP contribution in [-0.4, -0.2) is 20.4 Å². The topological polar surface area (TPSA) is 61.0 Å². The lowest BCUT2D eigenvalue weighted by atomic mass is 10.2. The average molecular weight is 233 g/mol. The fraction of sp³-hybridized carbons (Fsp3) is 0.167. The molecule has 0 saturated heterocycles. The molecule has 0 aliphatic heterocycles. The van der Waals surface area contributed by atoms with Gasteiger partial charge in [-0.1, -0.05) is 5.16 Å². The van der Waals surface area contributed by atoms with E-state index in [4.69, 9.17) is 9.15 Å². The summed E-state index contributed by atoms with van der Waals surface area (Å²) < 4.78 is 10.4. The summed E-state index contributed by atoms with van der Waals surface area (Å²) in [5.74, 6) is 0.602. The minimum absolute atomic E-state index is 0.175. The number of ether oxygens (including phenoxy) is 1. The predicted octanol–water partition coefficient (Wildman–Crippen LogP) is 1.78. The fourth-order valence-corrected chi connectivity index (χ4v) is 1.45. The molecule has 17 heavy (non-hydrogen) atoms. The van der Waals surface area contributed by atoms with E-state index in [1.807, 2.05) is 0 Å². The van der Waals surface area contributed by atoms with Gasteiger partial charge in [0.25, 0.3) is 0 Å². The van der Waals surface area contributed by atoms with Gasteiger partial charge in [0.1, 0.15) is 24.7 Å². The highest BCUT2D eigenvalue weighted by atomic mass is 16.6. The number of rotatable bonds is 3. The Kier molecular flexibility index (Phi) is 3.09. The summed E-state index contributed by atoms with van der Waals surface area (Å²) in [5.41, 5.74) is 0.656. The minimum Gasteiger partial charge on any atom is -0.497 e. The van der Waals surface area contributed by atoms with Crippen LogP contribution in [0.2, 0.25) is 0 Å². The van der Waals surface area contributed by atoms with Crippen LogP contribution in [0.3, 0.4) is 0 Å². The number of nitrogens with zero attached hydrogens (tertiary/aromatic N) is 1. The lowest BCUT2D eigenvalue weighted by molar-refractivity contribution is 0.215. The van der Waals surface area contributed by atoms with E-state index in [9.17, 15) is 4.79 Å². The Morgan fingerprint density at radius 3 is 2.88 bits per heavy atom. The highest BCUT2D eigenvalue weighted by molar-refractivity contribution is 5.86. The normalized spacial score (nSPS) is 10.9. The van der Waals surface area contributed by atoms with Crippen molar-refractivity contribution in [1.29, 1.82) is 0 Å². The van der Waals surface area contributed by atoms with Gasteiger partial charge in [0, 0.05) is 0 Å². The molecule has 0 aliphatic rings. The van der Waals surface area contributed by atoms with Crippen LogP contribution in [-0.2, 0) is 4.84 Å². The number of hydrogen-bond donors (Lipinski definition) is 0. The smallest absolute Gasteiger partial charge is 0.201 e. The van der Waals surface area contributed by atoms with Crippen molar-refractivity contribution in [3.63, 3.8) is 0 Å². The zero-order valence-corrected chi connectivity index (χ0v) is 9.47. The van der Waals surface area contributed by atoms with Crippen molar-refractivity contribution in [2.45, 2.75) is 0 Å². The van der Waals surface area contributed by atoms with E-state index < -0.39 is 0 Å². The van der Waals surface area contributed by atoms with Crippen molar-refractivity contribution in [3.8, 4) is 5.75 Å². The van der Waals surface area contributed by atoms with Crippen LogP contribution in [0.4, 0.5) is 0 Å². The van der Waals surface area contributed by atoms with Gasteiger partial charge in [-0.3, -0.25) is 4.79 Å². The van der Waals surface area contributed by atoms with Crippen molar-refractivity contribution in [2.24, 2.45) is 5.16 Å². The monoisotopic (exact) mass is 233 g/mol. The predicted molar refractivity (Wildman–Crippen MR) is 63.6 cm³/mol. The molecule has 0 amide bonds. The summed E-state index contributed by atoms with van der Waals surface area (Å²) in [6, 6.07) is 5.05. The number of hydrogen-bond acceptors (Lipinski definition) is 5. The van der Waals surface area contributed by atoms with Gasteiger partial charge in [-0.25, -0.2) is 0 Å². The molecule has 5 nitrogen and oxygen atoms in total. The van der Waals surface area contributed by atoms with Crippen molar-refractivity contribution in [1.82, 2.24) is 0 Å². The Balaban J connectivity index is 2.64. The van der Waals surface area contributed by atoms with Gasteiger partial charge in [0.2, 0.25) is 5.43 Å². The van der Waals surface area contributed by atoms with E-state index in [0.29, 0.717) is 22.3 Å². The number of fused-ring (bicyclic) bond motifs is 1. The fourth-order valence-electron chi connectivity index (χ4n) is 1.45. The Labute approximate surface area is 97.3 Å². The molecular weight excluding hydrogens is 222 g/mol. The summed E-state index contributed by atoms with van der Waals surface area (Å²) in [6.45, 7) is 0. The molecule has 0 saturated carbocycles. The molecule has 1 heterocycles. The molecule has 0 bridgehead atoms. The van der Waals surface area contributed by atoms with Gasteiger partial charge < -0.3 is 14.0 Å². The molecule has 0 N–H and O–H groups in total. The van der Waals surface area contributed by atoms with E-state index in [1.165, 1.54) is 19.6 Å². The molecule has 88 valence electrons. The maximum Gasteiger partial charge on any atom is 0.201 e. The van der Waals surface area contributed by atoms with Crippen LogP contribution in [0.15, 0.2) is 38.8 Å². The number of oxime groups is 1. The highest BCUT2D eigenvalue weighted by Gasteiger charge is 2.06. The van der Waals surface area contributed by atoms with Crippen molar-refractivity contribution in [3.05, 3.63) is 40.2 Å². The minimum atomic E-state index is -0.175. The van der Waals surface area contributed by atoms with Crippen molar-refractivity contribution >= 4 is 17.2 Å². The maximum atomic E-state index is 12.0. The van der Waals surface area contributed by atoms with Gasteiger partial charge >= 0.3 is 0 Å². The van der Waals surface area contributed by atoms with E-state index in [1.54, 1.807) is 25.3 Å². The summed E-state index contributed by atoms with van der Waals surface area (Å²) in [6.07, 6.45) is 2.66. The van der Waals surface area contributed by atoms with E-state index in [2.05, 4.69) is 9.99 Å². The number of benzene rings is 1. The lowest BCUT2D eigenvalue weighted by Crippen LogP contribution is -2.08. The molecule has 1 aromatic heterocycles. The third-order valence-corrected chi connectivity index (χ3v) is 2.30. The molecule has 1 aromatic carbocycles. The molecule has 5 heteroatoms. The van der Waals surface area contributed by atoms with E-state index in [0.717, 1.165) is 0 Å². The lowest BCUT2D eigenvalue weighted by Gasteiger charge is -2.01. The van der Waals surface area contributed by atoms with Crippen LogP contribution in [0, 0.1) is 0 Å². The molecule has 0 unspecified atom stereocenters. The van der Waals surface area contributed by atoms with E-state index in [-0.39, 0.29) is 5.43 Å². The summed E-state index contributed by atoms with van der Waals surface area (Å²) >= 11 is 0. The van der Waals surface area contributed by atoms with Gasteiger partial charge in [-0.2, -0.15) is 0 Å². The zero-order chi connectivity index (χ0) is 12.3. The first kappa shape index (κ1) is 11.2. The molecule has 0 atom stereocenters. The van der Waals surface area contributed by atoms with Crippen LogP contribution in [0.5, 0.6) is 5.75 Å². The molecule has 0 fully saturated rings. The first-order chi connectivity index (χ1) is 8.26. The van der Waals surface area contributed by atoms with Gasteiger partial charge in [0.15, 0.2) is 0 Å². The van der Waals surface area contributed by atoms with Crippen LogP contribution < -0.4 is 10.2 Å². The Hall–Kier alpha value is -2.30. The van der Waals surface area contributed by atoms with Gasteiger partial charge in [0.05, 0.1) is 24.3 Å². The SMILES string of the molecule is CO/N=C/c1coc2ccc(OC)cc2c1=O. The van der Waals surface area contributed by atoms with Crippen molar-refractivity contribution < 1.29 is 14.0 Å². The third-order valence-electron chi connectivity index (χ3n) is 2.30. The molecule has 2 rings (SSSR count). The maximum absolute atomic E-state index is 12.0. The molecule has 0 spiro atoms. The zero-order valence-electron chi connectivity index (χ0n) is 9.47. The molecule has 0 radical (unpaired) electrons. The van der Waals surface area contributed by atoms with Crippen molar-refractivity contribution in [2.75, 3.05) is 14.2 Å². The average Bonchev–Trinajstić information content (AvgIpc) is 2.38. The molecule has 0 aliphatic carbocycles. The van der Waals surface area contributed by atoms with Gasteiger partial charge in [-0.05, 0) is 18.2 Å².